The van der Waals surface area contributed by atoms with Crippen LogP contribution in [0.25, 0.3) is 0 Å². The van der Waals surface area contributed by atoms with Crippen LogP contribution >= 0.6 is 22.9 Å². The smallest absolute Gasteiger partial charge is 0.417 e. The number of anilines is 1. The number of hydrogen-bond acceptors (Lipinski definition) is 5. The van der Waals surface area contributed by atoms with E-state index < -0.39 is 35.6 Å². The van der Waals surface area contributed by atoms with E-state index in [1.165, 1.54) is 45.0 Å². The zero-order chi connectivity index (χ0) is 24.4. The third-order valence-corrected chi connectivity index (χ3v) is 5.58. The van der Waals surface area contributed by atoms with Gasteiger partial charge in [0.05, 0.1) is 5.56 Å². The first kappa shape index (κ1) is 25.7. The van der Waals surface area contributed by atoms with Crippen LogP contribution in [-0.2, 0) is 9.53 Å². The van der Waals surface area contributed by atoms with Crippen molar-refractivity contribution in [3.05, 3.63) is 50.9 Å². The number of carbonyl (C=O) groups is 3. The van der Waals surface area contributed by atoms with Gasteiger partial charge >= 0.3 is 12.3 Å². The number of alkyl carbamates (subject to hydrolysis) is 1. The Kier molecular flexibility index (Phi) is 7.62. The molecule has 174 valence electrons. The van der Waals surface area contributed by atoms with E-state index >= 15 is 0 Å². The number of ketones is 1. The Balaban J connectivity index is 2.34. The predicted octanol–water partition coefficient (Wildman–Crippen LogP) is 5.64. The van der Waals surface area contributed by atoms with Crippen LogP contribution in [0, 0.1) is 13.8 Å². The van der Waals surface area contributed by atoms with Crippen LogP contribution in [0.15, 0.2) is 24.3 Å². The fourth-order valence-corrected chi connectivity index (χ4v) is 3.83. The number of ether oxygens (including phenoxy) is 1. The Labute approximate surface area is 192 Å². The SMILES string of the molecule is Cc1sc(NC(=O)C(NC(=O)OC(C)(C)C)C(F)(F)F)c(C(=O)c2ccc(Cl)cc2)c1C. The van der Waals surface area contributed by atoms with Gasteiger partial charge in [-0.3, -0.25) is 9.59 Å². The maximum atomic E-state index is 13.5. The van der Waals surface area contributed by atoms with Crippen LogP contribution in [0.2, 0.25) is 5.02 Å². The molecule has 0 aliphatic carbocycles. The molecule has 1 heterocycles. The molecule has 11 heteroatoms. The third kappa shape index (κ3) is 6.46. The molecule has 1 aromatic heterocycles. The normalized spacial score (nSPS) is 12.8. The lowest BCUT2D eigenvalue weighted by Crippen LogP contribution is -2.53. The molecule has 2 N–H and O–H groups in total. The van der Waals surface area contributed by atoms with E-state index in [9.17, 15) is 27.6 Å². The zero-order valence-electron chi connectivity index (χ0n) is 17.9. The van der Waals surface area contributed by atoms with Crippen molar-refractivity contribution in [2.75, 3.05) is 5.32 Å². The Bertz CT molecular complexity index is 1030. The number of alkyl halides is 3. The van der Waals surface area contributed by atoms with Gasteiger partial charge in [-0.05, 0) is 64.4 Å². The molecule has 0 spiro atoms. The highest BCUT2D eigenvalue weighted by Gasteiger charge is 2.47. The number of halogens is 4. The van der Waals surface area contributed by atoms with Crippen LogP contribution in [0.3, 0.4) is 0 Å². The van der Waals surface area contributed by atoms with Crippen molar-refractivity contribution in [3.63, 3.8) is 0 Å². The molecule has 0 saturated heterocycles. The quantitative estimate of drug-likeness (QED) is 0.531. The summed E-state index contributed by atoms with van der Waals surface area (Å²) < 4.78 is 45.3. The van der Waals surface area contributed by atoms with Crippen molar-refractivity contribution in [3.8, 4) is 0 Å². The van der Waals surface area contributed by atoms with Crippen LogP contribution in [0.1, 0.15) is 47.1 Å². The number of amides is 2. The average Bonchev–Trinajstić information content (AvgIpc) is 2.90. The maximum Gasteiger partial charge on any atom is 0.417 e. The second-order valence-corrected chi connectivity index (χ2v) is 9.59. The van der Waals surface area contributed by atoms with Gasteiger partial charge in [-0.2, -0.15) is 13.2 Å². The molecule has 0 fully saturated rings. The van der Waals surface area contributed by atoms with Crippen LogP contribution in [0.5, 0.6) is 0 Å². The lowest BCUT2D eigenvalue weighted by Gasteiger charge is -2.24. The van der Waals surface area contributed by atoms with Crippen molar-refractivity contribution in [1.29, 1.82) is 0 Å². The topological polar surface area (TPSA) is 84.5 Å². The molecule has 1 unspecified atom stereocenters. The van der Waals surface area contributed by atoms with Crippen molar-refractivity contribution in [1.82, 2.24) is 5.32 Å². The fraction of sp³-hybridized carbons (Fsp3) is 0.381. The van der Waals surface area contributed by atoms with E-state index in [2.05, 4.69) is 5.32 Å². The van der Waals surface area contributed by atoms with Gasteiger partial charge in [0.2, 0.25) is 6.04 Å². The third-order valence-electron chi connectivity index (χ3n) is 4.21. The highest BCUT2D eigenvalue weighted by molar-refractivity contribution is 7.16. The summed E-state index contributed by atoms with van der Waals surface area (Å²) in [6.45, 7) is 7.72. The molecule has 0 bridgehead atoms. The summed E-state index contributed by atoms with van der Waals surface area (Å²) in [6, 6.07) is 3.09. The van der Waals surface area contributed by atoms with E-state index in [1.807, 2.05) is 0 Å². The lowest BCUT2D eigenvalue weighted by atomic mass is 10.0. The first-order valence-electron chi connectivity index (χ1n) is 9.37. The molecular formula is C21H22ClF3N2O4S. The summed E-state index contributed by atoms with van der Waals surface area (Å²) in [5.41, 5.74) is -0.211. The largest absolute Gasteiger partial charge is 0.444 e. The Morgan fingerprint density at radius 1 is 1.06 bits per heavy atom. The van der Waals surface area contributed by atoms with Gasteiger partial charge in [0, 0.05) is 15.5 Å². The van der Waals surface area contributed by atoms with Gasteiger partial charge in [0.25, 0.3) is 5.91 Å². The molecule has 2 aromatic rings. The second-order valence-electron chi connectivity index (χ2n) is 7.93. The molecule has 0 aliphatic heterocycles. The van der Waals surface area contributed by atoms with Gasteiger partial charge in [-0.15, -0.1) is 11.3 Å². The number of thiophene rings is 1. The molecule has 1 aromatic carbocycles. The molecule has 32 heavy (non-hydrogen) atoms. The van der Waals surface area contributed by atoms with Gasteiger partial charge in [0.15, 0.2) is 5.78 Å². The summed E-state index contributed by atoms with van der Waals surface area (Å²) in [5.74, 6) is -2.03. The molecule has 0 saturated carbocycles. The minimum Gasteiger partial charge on any atom is -0.444 e. The van der Waals surface area contributed by atoms with E-state index in [0.29, 0.717) is 15.5 Å². The van der Waals surface area contributed by atoms with Crippen molar-refractivity contribution in [2.45, 2.75) is 52.4 Å². The highest BCUT2D eigenvalue weighted by Crippen LogP contribution is 2.35. The minimum absolute atomic E-state index is 0.0508. The number of carbonyl (C=O) groups excluding carboxylic acids is 3. The Hall–Kier alpha value is -2.59. The number of hydrogen-bond donors (Lipinski definition) is 2. The first-order chi connectivity index (χ1) is 14.6. The average molecular weight is 491 g/mol. The summed E-state index contributed by atoms with van der Waals surface area (Å²) in [6.07, 6.45) is -6.49. The molecule has 1 atom stereocenters. The van der Waals surface area contributed by atoms with E-state index in [0.717, 1.165) is 11.3 Å². The predicted molar refractivity (Wildman–Crippen MR) is 117 cm³/mol. The number of aryl methyl sites for hydroxylation is 1. The van der Waals surface area contributed by atoms with E-state index in [-0.39, 0.29) is 16.1 Å². The van der Waals surface area contributed by atoms with Crippen LogP contribution in [0.4, 0.5) is 23.0 Å². The zero-order valence-corrected chi connectivity index (χ0v) is 19.5. The van der Waals surface area contributed by atoms with Gasteiger partial charge in [0.1, 0.15) is 10.6 Å². The number of benzene rings is 1. The van der Waals surface area contributed by atoms with Crippen LogP contribution in [-0.4, -0.2) is 35.6 Å². The second kappa shape index (κ2) is 9.50. The summed E-state index contributed by atoms with van der Waals surface area (Å²) in [7, 11) is 0. The Morgan fingerprint density at radius 3 is 2.12 bits per heavy atom. The molecule has 6 nitrogen and oxygen atoms in total. The molecule has 2 rings (SSSR count). The fourth-order valence-electron chi connectivity index (χ4n) is 2.64. The molecule has 2 amide bonds. The summed E-state index contributed by atoms with van der Waals surface area (Å²) in [5, 5.41) is 4.06. The summed E-state index contributed by atoms with van der Waals surface area (Å²) in [4.78, 5) is 38.0. The van der Waals surface area contributed by atoms with Crippen molar-refractivity contribution >= 4 is 45.7 Å². The van der Waals surface area contributed by atoms with Crippen LogP contribution < -0.4 is 10.6 Å². The first-order valence-corrected chi connectivity index (χ1v) is 10.6. The van der Waals surface area contributed by atoms with E-state index in [4.69, 9.17) is 16.3 Å². The van der Waals surface area contributed by atoms with Crippen molar-refractivity contribution in [2.24, 2.45) is 0 Å². The van der Waals surface area contributed by atoms with Gasteiger partial charge in [-0.25, -0.2) is 4.79 Å². The highest BCUT2D eigenvalue weighted by atomic mass is 35.5. The maximum absolute atomic E-state index is 13.5. The number of nitrogens with one attached hydrogen (secondary N) is 2. The van der Waals surface area contributed by atoms with Gasteiger partial charge < -0.3 is 15.4 Å². The number of rotatable bonds is 5. The van der Waals surface area contributed by atoms with Gasteiger partial charge in [-0.1, -0.05) is 11.6 Å². The monoisotopic (exact) mass is 490 g/mol. The minimum atomic E-state index is -5.09. The van der Waals surface area contributed by atoms with Crippen molar-refractivity contribution < 1.29 is 32.3 Å². The lowest BCUT2D eigenvalue weighted by molar-refractivity contribution is -0.164. The molecular weight excluding hydrogens is 469 g/mol. The molecule has 0 aliphatic rings. The summed E-state index contributed by atoms with van der Waals surface area (Å²) >= 11 is 6.80. The van der Waals surface area contributed by atoms with E-state index in [1.54, 1.807) is 19.2 Å². The Morgan fingerprint density at radius 2 is 1.62 bits per heavy atom. The standard InChI is InChI=1S/C21H22ClF3N2O4S/c1-10-11(2)32-18(14(10)15(28)12-6-8-13(22)9-7-12)27-17(29)16(21(23,24)25)26-19(30)31-20(3,4)5/h6-9,16H,1-5H3,(H,26,30)(H,27,29). The molecule has 0 radical (unpaired) electrons.